The van der Waals surface area contributed by atoms with E-state index >= 15 is 0 Å². The Hall–Kier alpha value is -1.19. The van der Waals surface area contributed by atoms with E-state index in [0.29, 0.717) is 0 Å². The Balaban J connectivity index is 2.81. The molecule has 0 amide bonds. The van der Waals surface area contributed by atoms with E-state index in [1.807, 2.05) is 0 Å². The Morgan fingerprint density at radius 2 is 1.82 bits per heavy atom. The highest BCUT2D eigenvalue weighted by Gasteiger charge is 2.32. The first-order valence-corrected chi connectivity index (χ1v) is 2.98. The van der Waals surface area contributed by atoms with Gasteiger partial charge in [0.15, 0.2) is 0 Å². The van der Waals surface area contributed by atoms with Crippen molar-refractivity contribution in [2.24, 2.45) is 0 Å². The minimum absolute atomic E-state index is 0.748. The molecule has 0 aromatic rings. The zero-order chi connectivity index (χ0) is 8.32. The summed E-state index contributed by atoms with van der Waals surface area (Å²) in [6.07, 6.45) is 2.28. The van der Waals surface area contributed by atoms with Crippen LogP contribution in [0.1, 0.15) is 0 Å². The molecular weight excluding hydrogens is 155 g/mol. The first kappa shape index (κ1) is 7.91. The molecule has 0 aliphatic carbocycles. The van der Waals surface area contributed by atoms with Gasteiger partial charge in [0.25, 0.3) is 0 Å². The molecule has 0 aromatic heterocycles. The van der Waals surface area contributed by atoms with Gasteiger partial charge in [0.2, 0.25) is 0 Å². The molecule has 0 bridgehead atoms. The summed E-state index contributed by atoms with van der Waals surface area (Å²) in [5, 5.41) is 2.11. The first-order valence-electron chi connectivity index (χ1n) is 2.98. The van der Waals surface area contributed by atoms with E-state index in [-0.39, 0.29) is 0 Å². The number of allylic oxidation sites excluding steroid dienone is 5. The Kier molecular flexibility index (Phi) is 2.03. The van der Waals surface area contributed by atoms with E-state index in [1.54, 1.807) is 0 Å². The molecule has 0 saturated heterocycles. The maximum atomic E-state index is 11.9. The van der Waals surface area contributed by atoms with Crippen LogP contribution in [0.5, 0.6) is 0 Å². The van der Waals surface area contributed by atoms with Gasteiger partial charge in [-0.25, -0.2) is 0 Å². The Morgan fingerprint density at radius 1 is 1.09 bits per heavy atom. The molecule has 4 heteroatoms. The third-order valence-corrected chi connectivity index (χ3v) is 1.13. The predicted octanol–water partition coefficient (Wildman–Crippen LogP) is 2.11. The van der Waals surface area contributed by atoms with Crippen molar-refractivity contribution < 1.29 is 13.2 Å². The van der Waals surface area contributed by atoms with Crippen LogP contribution in [0.25, 0.3) is 0 Å². The predicted molar refractivity (Wildman–Crippen MR) is 35.6 cm³/mol. The van der Waals surface area contributed by atoms with E-state index in [4.69, 9.17) is 0 Å². The second-order valence-electron chi connectivity index (χ2n) is 1.97. The number of rotatable bonds is 0. The quantitative estimate of drug-likeness (QED) is 0.573. The lowest BCUT2D eigenvalue weighted by atomic mass is 10.4. The van der Waals surface area contributed by atoms with Crippen LogP contribution in [0.2, 0.25) is 0 Å². The first-order chi connectivity index (χ1) is 5.11. The topological polar surface area (TPSA) is 12.0 Å². The van der Waals surface area contributed by atoms with Crippen molar-refractivity contribution in [3.05, 3.63) is 36.2 Å². The minimum Gasteiger partial charge on any atom is -0.358 e. The Labute approximate surface area is 61.9 Å². The van der Waals surface area contributed by atoms with Gasteiger partial charge in [-0.1, -0.05) is 12.2 Å². The molecule has 1 rings (SSSR count). The third-order valence-electron chi connectivity index (χ3n) is 1.13. The molecule has 0 saturated carbocycles. The second kappa shape index (κ2) is 2.82. The standard InChI is InChI=1S/C7H6F3N/c8-7(9,10)6-4-2-1-3-5-11-6/h1-5,11H. The van der Waals surface area contributed by atoms with Gasteiger partial charge in [-0.2, -0.15) is 13.2 Å². The van der Waals surface area contributed by atoms with E-state index in [2.05, 4.69) is 5.32 Å². The van der Waals surface area contributed by atoms with Crippen LogP contribution in [0, 0.1) is 0 Å². The van der Waals surface area contributed by atoms with E-state index < -0.39 is 11.9 Å². The molecule has 60 valence electrons. The zero-order valence-corrected chi connectivity index (χ0v) is 5.52. The zero-order valence-electron chi connectivity index (χ0n) is 5.52. The smallest absolute Gasteiger partial charge is 0.358 e. The van der Waals surface area contributed by atoms with Crippen molar-refractivity contribution in [1.82, 2.24) is 5.32 Å². The van der Waals surface area contributed by atoms with Crippen molar-refractivity contribution in [1.29, 1.82) is 0 Å². The van der Waals surface area contributed by atoms with E-state index in [1.165, 1.54) is 24.4 Å². The van der Waals surface area contributed by atoms with Crippen molar-refractivity contribution in [3.8, 4) is 0 Å². The fourth-order valence-corrected chi connectivity index (χ4v) is 0.634. The summed E-state index contributed by atoms with van der Waals surface area (Å²) in [7, 11) is 0. The summed E-state index contributed by atoms with van der Waals surface area (Å²) < 4.78 is 35.8. The summed E-state index contributed by atoms with van der Waals surface area (Å²) in [5.74, 6) is 0. The number of hydrogen-bond donors (Lipinski definition) is 1. The monoisotopic (exact) mass is 161 g/mol. The van der Waals surface area contributed by atoms with Gasteiger partial charge in [0, 0.05) is 6.20 Å². The summed E-state index contributed by atoms with van der Waals surface area (Å²) in [4.78, 5) is 0. The van der Waals surface area contributed by atoms with Crippen LogP contribution in [0.15, 0.2) is 36.2 Å². The van der Waals surface area contributed by atoms with Crippen molar-refractivity contribution in [2.45, 2.75) is 6.18 Å². The van der Waals surface area contributed by atoms with Crippen molar-refractivity contribution in [3.63, 3.8) is 0 Å². The maximum Gasteiger partial charge on any atom is 0.431 e. The molecule has 0 atom stereocenters. The van der Waals surface area contributed by atoms with Gasteiger partial charge in [-0.3, -0.25) is 0 Å². The number of halogens is 3. The molecule has 0 spiro atoms. The summed E-state index contributed by atoms with van der Waals surface area (Å²) >= 11 is 0. The molecular formula is C7H6F3N. The van der Waals surface area contributed by atoms with Crippen LogP contribution in [-0.4, -0.2) is 6.18 Å². The summed E-state index contributed by atoms with van der Waals surface area (Å²) in [6.45, 7) is 0. The largest absolute Gasteiger partial charge is 0.431 e. The molecule has 11 heavy (non-hydrogen) atoms. The highest BCUT2D eigenvalue weighted by atomic mass is 19.4. The molecule has 0 unspecified atom stereocenters. The lowest BCUT2D eigenvalue weighted by Gasteiger charge is -2.09. The van der Waals surface area contributed by atoms with E-state index in [9.17, 15) is 13.2 Å². The van der Waals surface area contributed by atoms with Gasteiger partial charge in [0.1, 0.15) is 5.70 Å². The van der Waals surface area contributed by atoms with Crippen molar-refractivity contribution in [2.75, 3.05) is 0 Å². The Morgan fingerprint density at radius 3 is 2.45 bits per heavy atom. The third kappa shape index (κ3) is 2.14. The van der Waals surface area contributed by atoms with Crippen LogP contribution in [0.3, 0.4) is 0 Å². The molecule has 1 aliphatic heterocycles. The number of nitrogens with one attached hydrogen (secondary N) is 1. The number of alkyl halides is 3. The van der Waals surface area contributed by atoms with Gasteiger partial charge in [-0.15, -0.1) is 0 Å². The van der Waals surface area contributed by atoms with Gasteiger partial charge >= 0.3 is 6.18 Å². The average molecular weight is 161 g/mol. The van der Waals surface area contributed by atoms with Crippen LogP contribution < -0.4 is 5.32 Å². The molecule has 0 fully saturated rings. The van der Waals surface area contributed by atoms with Gasteiger partial charge < -0.3 is 5.32 Å². The fraction of sp³-hybridized carbons (Fsp3) is 0.143. The summed E-state index contributed by atoms with van der Waals surface area (Å²) in [6, 6.07) is 0. The van der Waals surface area contributed by atoms with E-state index in [0.717, 1.165) is 6.08 Å². The molecule has 1 nitrogen and oxygen atoms in total. The Bertz CT molecular complexity index is 222. The average Bonchev–Trinajstić information content (AvgIpc) is 2.10. The minimum atomic E-state index is -4.29. The van der Waals surface area contributed by atoms with Crippen LogP contribution in [-0.2, 0) is 0 Å². The molecule has 0 radical (unpaired) electrons. The summed E-state index contributed by atoms with van der Waals surface area (Å²) in [5.41, 5.74) is -0.748. The second-order valence-corrected chi connectivity index (χ2v) is 1.97. The molecule has 1 aliphatic rings. The highest BCUT2D eigenvalue weighted by Crippen LogP contribution is 2.23. The normalized spacial score (nSPS) is 17.2. The fourth-order valence-electron chi connectivity index (χ4n) is 0.634. The lowest BCUT2D eigenvalue weighted by Crippen LogP contribution is -2.21. The SMILES string of the molecule is FC(F)(F)C1=CC=CC=CN1. The van der Waals surface area contributed by atoms with Gasteiger partial charge in [-0.05, 0) is 12.2 Å². The lowest BCUT2D eigenvalue weighted by molar-refractivity contribution is -0.0953. The molecule has 0 aromatic carbocycles. The van der Waals surface area contributed by atoms with Crippen molar-refractivity contribution >= 4 is 0 Å². The van der Waals surface area contributed by atoms with Crippen LogP contribution >= 0.6 is 0 Å². The highest BCUT2D eigenvalue weighted by molar-refractivity contribution is 5.23. The van der Waals surface area contributed by atoms with Gasteiger partial charge in [0.05, 0.1) is 0 Å². The number of hydrogen-bond acceptors (Lipinski definition) is 1. The van der Waals surface area contributed by atoms with Crippen LogP contribution in [0.4, 0.5) is 13.2 Å². The molecule has 1 heterocycles. The maximum absolute atomic E-state index is 11.9. The molecule has 1 N–H and O–H groups in total.